The quantitative estimate of drug-likeness (QED) is 0.562. The molecule has 0 saturated heterocycles. The Bertz CT molecular complexity index is 1100. The lowest BCUT2D eigenvalue weighted by Crippen LogP contribution is -2.30. The summed E-state index contributed by atoms with van der Waals surface area (Å²) in [4.78, 5) is 25.0. The number of nitrogens with one attached hydrogen (secondary N) is 1. The molecule has 0 fully saturated rings. The molecule has 4 rings (SSSR count). The highest BCUT2D eigenvalue weighted by Crippen LogP contribution is 2.32. The summed E-state index contributed by atoms with van der Waals surface area (Å²) in [5.41, 5.74) is 1.85. The predicted molar refractivity (Wildman–Crippen MR) is 118 cm³/mol. The zero-order valence-corrected chi connectivity index (χ0v) is 17.6. The van der Waals surface area contributed by atoms with Crippen LogP contribution in [0.25, 0.3) is 0 Å². The van der Waals surface area contributed by atoms with Gasteiger partial charge in [-0.3, -0.25) is 4.79 Å². The van der Waals surface area contributed by atoms with Crippen LogP contribution in [-0.4, -0.2) is 31.2 Å². The van der Waals surface area contributed by atoms with Crippen LogP contribution in [0.3, 0.4) is 0 Å². The monoisotopic (exact) mass is 433 g/mol. The summed E-state index contributed by atoms with van der Waals surface area (Å²) in [6.07, 6.45) is -0.996. The van der Waals surface area contributed by atoms with Crippen LogP contribution in [0, 0.1) is 0 Å². The predicted octanol–water partition coefficient (Wildman–Crippen LogP) is 4.22. The molecule has 0 radical (unpaired) electrons. The van der Waals surface area contributed by atoms with Gasteiger partial charge in [-0.15, -0.1) is 0 Å². The zero-order valence-electron chi connectivity index (χ0n) is 17.6. The van der Waals surface area contributed by atoms with Crippen LogP contribution in [0.1, 0.15) is 22.8 Å². The van der Waals surface area contributed by atoms with E-state index in [1.165, 1.54) is 6.92 Å². The fourth-order valence-electron chi connectivity index (χ4n) is 3.10. The SMILES string of the molecule is C[C@@H](OC(=O)c1cccc(OCc2ccccc2)c1)C(=O)Nc1ccc2c(c1)OCCO2. The van der Waals surface area contributed by atoms with Gasteiger partial charge in [0.15, 0.2) is 17.6 Å². The second-order valence-corrected chi connectivity index (χ2v) is 7.20. The van der Waals surface area contributed by atoms with Crippen LogP contribution in [0.5, 0.6) is 17.2 Å². The molecule has 1 amide bonds. The van der Waals surface area contributed by atoms with Crippen molar-refractivity contribution in [2.24, 2.45) is 0 Å². The maximum absolute atomic E-state index is 12.5. The number of carbonyl (C=O) groups excluding carboxylic acids is 2. The summed E-state index contributed by atoms with van der Waals surface area (Å²) in [5, 5.41) is 2.72. The van der Waals surface area contributed by atoms with Crippen molar-refractivity contribution in [2.75, 3.05) is 18.5 Å². The zero-order chi connectivity index (χ0) is 22.3. The molecule has 7 nitrogen and oxygen atoms in total. The fraction of sp³-hybridized carbons (Fsp3) is 0.200. The number of benzene rings is 3. The first kappa shape index (κ1) is 21.2. The van der Waals surface area contributed by atoms with Crippen LogP contribution in [-0.2, 0) is 16.1 Å². The van der Waals surface area contributed by atoms with E-state index >= 15 is 0 Å². The molecule has 1 heterocycles. The van der Waals surface area contributed by atoms with E-state index in [1.54, 1.807) is 42.5 Å². The van der Waals surface area contributed by atoms with Crippen LogP contribution in [0.15, 0.2) is 72.8 Å². The van der Waals surface area contributed by atoms with Crippen molar-refractivity contribution in [2.45, 2.75) is 19.6 Å². The standard InChI is InChI=1S/C25H23NO6/c1-17(24(27)26-20-10-11-22-23(15-20)30-13-12-29-22)32-25(28)19-8-5-9-21(14-19)31-16-18-6-3-2-4-7-18/h2-11,14-15,17H,12-13,16H2,1H3,(H,26,27)/t17-/m1/s1. The molecule has 164 valence electrons. The van der Waals surface area contributed by atoms with Gasteiger partial charge in [0.25, 0.3) is 5.91 Å². The van der Waals surface area contributed by atoms with Crippen LogP contribution in [0.4, 0.5) is 5.69 Å². The van der Waals surface area contributed by atoms with Crippen molar-refractivity contribution in [3.8, 4) is 17.2 Å². The minimum Gasteiger partial charge on any atom is -0.489 e. The third-order valence-electron chi connectivity index (χ3n) is 4.78. The Hall–Kier alpha value is -4.00. The number of anilines is 1. The Labute approximate surface area is 185 Å². The minimum atomic E-state index is -0.996. The molecule has 0 aliphatic carbocycles. The molecule has 0 aromatic heterocycles. The van der Waals surface area contributed by atoms with Crippen molar-refractivity contribution >= 4 is 17.6 Å². The van der Waals surface area contributed by atoms with Gasteiger partial charge in [-0.2, -0.15) is 0 Å². The van der Waals surface area contributed by atoms with E-state index in [0.717, 1.165) is 5.56 Å². The molecule has 1 aliphatic rings. The Morgan fingerprint density at radius 1 is 0.938 bits per heavy atom. The second kappa shape index (κ2) is 9.87. The molecule has 0 saturated carbocycles. The number of esters is 1. The number of amides is 1. The first-order chi connectivity index (χ1) is 15.6. The van der Waals surface area contributed by atoms with Gasteiger partial charge in [0.2, 0.25) is 0 Å². The van der Waals surface area contributed by atoms with Crippen molar-refractivity contribution in [3.63, 3.8) is 0 Å². The smallest absolute Gasteiger partial charge is 0.339 e. The molecular formula is C25H23NO6. The van der Waals surface area contributed by atoms with E-state index in [2.05, 4.69) is 5.32 Å². The fourth-order valence-corrected chi connectivity index (χ4v) is 3.10. The highest BCUT2D eigenvalue weighted by Gasteiger charge is 2.20. The number of ether oxygens (including phenoxy) is 4. The Morgan fingerprint density at radius 3 is 2.53 bits per heavy atom. The first-order valence-corrected chi connectivity index (χ1v) is 10.3. The molecule has 0 spiro atoms. The normalized spacial score (nSPS) is 13.0. The minimum absolute atomic E-state index is 0.301. The van der Waals surface area contributed by atoms with Crippen LogP contribution < -0.4 is 19.5 Å². The molecule has 32 heavy (non-hydrogen) atoms. The van der Waals surface area contributed by atoms with Crippen LogP contribution >= 0.6 is 0 Å². The molecular weight excluding hydrogens is 410 g/mol. The molecule has 0 unspecified atom stereocenters. The lowest BCUT2D eigenvalue weighted by molar-refractivity contribution is -0.123. The van der Waals surface area contributed by atoms with E-state index in [0.29, 0.717) is 48.3 Å². The number of hydrogen-bond donors (Lipinski definition) is 1. The largest absolute Gasteiger partial charge is 0.489 e. The van der Waals surface area contributed by atoms with Crippen molar-refractivity contribution < 1.29 is 28.5 Å². The lowest BCUT2D eigenvalue weighted by Gasteiger charge is -2.19. The van der Waals surface area contributed by atoms with Crippen LogP contribution in [0.2, 0.25) is 0 Å². The van der Waals surface area contributed by atoms with Gasteiger partial charge in [0.1, 0.15) is 25.6 Å². The third-order valence-corrected chi connectivity index (χ3v) is 4.78. The number of rotatable bonds is 7. The van der Waals surface area contributed by atoms with Gasteiger partial charge in [-0.25, -0.2) is 4.79 Å². The number of carbonyl (C=O) groups is 2. The van der Waals surface area contributed by atoms with E-state index < -0.39 is 18.0 Å². The summed E-state index contributed by atoms with van der Waals surface area (Å²) < 4.78 is 22.1. The summed E-state index contributed by atoms with van der Waals surface area (Å²) >= 11 is 0. The van der Waals surface area contributed by atoms with Gasteiger partial charge >= 0.3 is 5.97 Å². The molecule has 3 aromatic carbocycles. The maximum Gasteiger partial charge on any atom is 0.339 e. The van der Waals surface area contributed by atoms with Gasteiger partial charge < -0.3 is 24.3 Å². The highest BCUT2D eigenvalue weighted by atomic mass is 16.6. The van der Waals surface area contributed by atoms with E-state index in [1.807, 2.05) is 30.3 Å². The summed E-state index contributed by atoms with van der Waals surface area (Å²) in [5.74, 6) is 0.664. The first-order valence-electron chi connectivity index (χ1n) is 10.3. The van der Waals surface area contributed by atoms with E-state index in [4.69, 9.17) is 18.9 Å². The lowest BCUT2D eigenvalue weighted by atomic mass is 10.2. The number of fused-ring (bicyclic) bond motifs is 1. The molecule has 0 bridgehead atoms. The third kappa shape index (κ3) is 5.37. The van der Waals surface area contributed by atoms with E-state index in [-0.39, 0.29) is 0 Å². The Balaban J connectivity index is 1.33. The summed E-state index contributed by atoms with van der Waals surface area (Å²) in [6.45, 7) is 2.84. The van der Waals surface area contributed by atoms with Crippen molar-refractivity contribution in [1.82, 2.24) is 0 Å². The van der Waals surface area contributed by atoms with Crippen molar-refractivity contribution in [1.29, 1.82) is 0 Å². The van der Waals surface area contributed by atoms with Gasteiger partial charge in [-0.1, -0.05) is 36.4 Å². The Morgan fingerprint density at radius 2 is 1.72 bits per heavy atom. The Kier molecular flexibility index (Phi) is 6.55. The summed E-state index contributed by atoms with van der Waals surface area (Å²) in [7, 11) is 0. The van der Waals surface area contributed by atoms with Crippen molar-refractivity contribution in [3.05, 3.63) is 83.9 Å². The topological polar surface area (TPSA) is 83.1 Å². The average molecular weight is 433 g/mol. The van der Waals surface area contributed by atoms with Gasteiger partial charge in [0.05, 0.1) is 5.56 Å². The average Bonchev–Trinajstić information content (AvgIpc) is 2.83. The molecule has 1 aliphatic heterocycles. The second-order valence-electron chi connectivity index (χ2n) is 7.20. The maximum atomic E-state index is 12.5. The molecule has 1 atom stereocenters. The summed E-state index contributed by atoms with van der Waals surface area (Å²) in [6, 6.07) is 21.5. The van der Waals surface area contributed by atoms with E-state index in [9.17, 15) is 9.59 Å². The van der Waals surface area contributed by atoms with Gasteiger partial charge in [-0.05, 0) is 42.8 Å². The van der Waals surface area contributed by atoms with Gasteiger partial charge in [0, 0.05) is 11.8 Å². The molecule has 1 N–H and O–H groups in total. The number of hydrogen-bond acceptors (Lipinski definition) is 6. The molecule has 3 aromatic rings. The molecule has 7 heteroatoms. The highest BCUT2D eigenvalue weighted by molar-refractivity contribution is 5.97.